The number of methoxy groups -OCH3 is 2. The second-order valence-electron chi connectivity index (χ2n) is 8.12. The van der Waals surface area contributed by atoms with Gasteiger partial charge in [0, 0.05) is 51.6 Å². The lowest BCUT2D eigenvalue weighted by atomic mass is 10.1. The molecule has 0 saturated carbocycles. The van der Waals surface area contributed by atoms with Crippen LogP contribution in [0.5, 0.6) is 5.88 Å². The third-order valence-electron chi connectivity index (χ3n) is 5.97. The molecule has 0 radical (unpaired) electrons. The van der Waals surface area contributed by atoms with E-state index in [1.165, 1.54) is 0 Å². The summed E-state index contributed by atoms with van der Waals surface area (Å²) in [6.07, 6.45) is 10.2. The largest absolute Gasteiger partial charge is 0.481 e. The van der Waals surface area contributed by atoms with Crippen molar-refractivity contribution < 1.29 is 9.47 Å². The maximum absolute atomic E-state index is 5.22. The minimum Gasteiger partial charge on any atom is -0.481 e. The standard InChI is InChI=1S/C22H27N9O2/c1-32-10-9-29-7-4-17(5-8-29)30-15-16(13-25-30)11-20-24-14-19-22(26-20)31(28-27-19)18-3-6-23-21(12-18)33-2/h3,6,12-15,17H,4-5,7-11H2,1-2H3. The first-order valence-electron chi connectivity index (χ1n) is 11.1. The van der Waals surface area contributed by atoms with Crippen LogP contribution in [0.25, 0.3) is 16.9 Å². The average molecular weight is 450 g/mol. The van der Waals surface area contributed by atoms with Crippen LogP contribution in [0.4, 0.5) is 0 Å². The molecule has 172 valence electrons. The van der Waals surface area contributed by atoms with Gasteiger partial charge in [-0.2, -0.15) is 9.78 Å². The summed E-state index contributed by atoms with van der Waals surface area (Å²) in [6, 6.07) is 4.05. The van der Waals surface area contributed by atoms with Crippen LogP contribution >= 0.6 is 0 Å². The summed E-state index contributed by atoms with van der Waals surface area (Å²) in [4.78, 5) is 15.8. The predicted molar refractivity (Wildman–Crippen MR) is 120 cm³/mol. The van der Waals surface area contributed by atoms with Crippen LogP contribution in [-0.4, -0.2) is 85.1 Å². The molecule has 4 aromatic rings. The van der Waals surface area contributed by atoms with E-state index < -0.39 is 0 Å². The molecule has 1 aliphatic rings. The van der Waals surface area contributed by atoms with Gasteiger partial charge in [-0.15, -0.1) is 5.10 Å². The number of likely N-dealkylation sites (tertiary alicyclic amines) is 1. The lowest BCUT2D eigenvalue weighted by molar-refractivity contribution is 0.119. The highest BCUT2D eigenvalue weighted by Crippen LogP contribution is 2.23. The summed E-state index contributed by atoms with van der Waals surface area (Å²) >= 11 is 0. The normalized spacial score (nSPS) is 15.3. The highest BCUT2D eigenvalue weighted by molar-refractivity contribution is 5.70. The molecule has 33 heavy (non-hydrogen) atoms. The van der Waals surface area contributed by atoms with Gasteiger partial charge in [0.2, 0.25) is 5.88 Å². The quantitative estimate of drug-likeness (QED) is 0.397. The fourth-order valence-electron chi connectivity index (χ4n) is 4.14. The Kier molecular flexibility index (Phi) is 6.22. The van der Waals surface area contributed by atoms with Gasteiger partial charge in [-0.05, 0) is 24.5 Å². The molecule has 5 heterocycles. The van der Waals surface area contributed by atoms with Crippen molar-refractivity contribution in [1.29, 1.82) is 0 Å². The molecule has 0 atom stereocenters. The van der Waals surface area contributed by atoms with Crippen molar-refractivity contribution in [3.05, 3.63) is 48.3 Å². The lowest BCUT2D eigenvalue weighted by Crippen LogP contribution is -2.36. The van der Waals surface area contributed by atoms with Crippen molar-refractivity contribution in [2.24, 2.45) is 0 Å². The third kappa shape index (κ3) is 4.69. The van der Waals surface area contributed by atoms with E-state index in [0.29, 0.717) is 35.3 Å². The number of fused-ring (bicyclic) bond motifs is 1. The van der Waals surface area contributed by atoms with E-state index in [0.717, 1.165) is 50.3 Å². The lowest BCUT2D eigenvalue weighted by Gasteiger charge is -2.31. The fraction of sp³-hybridized carbons (Fsp3) is 0.455. The molecule has 5 rings (SSSR count). The zero-order chi connectivity index (χ0) is 22.6. The van der Waals surface area contributed by atoms with Crippen molar-refractivity contribution in [3.8, 4) is 11.6 Å². The smallest absolute Gasteiger partial charge is 0.215 e. The van der Waals surface area contributed by atoms with E-state index in [9.17, 15) is 0 Å². The monoisotopic (exact) mass is 449 g/mol. The number of piperidine rings is 1. The summed E-state index contributed by atoms with van der Waals surface area (Å²) in [6.45, 7) is 3.91. The molecule has 4 aromatic heterocycles. The Morgan fingerprint density at radius 1 is 1.12 bits per heavy atom. The zero-order valence-corrected chi connectivity index (χ0v) is 18.8. The molecule has 1 fully saturated rings. The number of rotatable bonds is 8. The Bertz CT molecular complexity index is 1210. The molecule has 11 nitrogen and oxygen atoms in total. The summed E-state index contributed by atoms with van der Waals surface area (Å²) in [5, 5.41) is 13.0. The van der Waals surface area contributed by atoms with Crippen LogP contribution < -0.4 is 4.74 Å². The Balaban J connectivity index is 1.30. The van der Waals surface area contributed by atoms with Crippen molar-refractivity contribution in [3.63, 3.8) is 0 Å². The molecule has 0 bridgehead atoms. The predicted octanol–water partition coefficient (Wildman–Crippen LogP) is 1.68. The number of hydrogen-bond donors (Lipinski definition) is 0. The summed E-state index contributed by atoms with van der Waals surface area (Å²) in [5.74, 6) is 1.20. The second-order valence-corrected chi connectivity index (χ2v) is 8.12. The molecule has 0 amide bonds. The summed E-state index contributed by atoms with van der Waals surface area (Å²) in [7, 11) is 3.33. The molecule has 0 aliphatic carbocycles. The van der Waals surface area contributed by atoms with Gasteiger partial charge in [0.15, 0.2) is 11.2 Å². The SMILES string of the molecule is COCCN1CCC(n2cc(Cc3ncc4nnn(-c5ccnc(OC)c5)c4n3)cn2)CC1. The maximum Gasteiger partial charge on any atom is 0.215 e. The van der Waals surface area contributed by atoms with Crippen molar-refractivity contribution >= 4 is 11.2 Å². The topological polar surface area (TPSA) is 109 Å². The van der Waals surface area contributed by atoms with Gasteiger partial charge in [-0.25, -0.2) is 15.0 Å². The van der Waals surface area contributed by atoms with Crippen LogP contribution in [0.1, 0.15) is 30.3 Å². The van der Waals surface area contributed by atoms with Crippen LogP contribution in [0.2, 0.25) is 0 Å². The summed E-state index contributed by atoms with van der Waals surface area (Å²) < 4.78 is 14.2. The van der Waals surface area contributed by atoms with Crippen LogP contribution in [-0.2, 0) is 11.2 Å². The van der Waals surface area contributed by atoms with Crippen LogP contribution in [0.3, 0.4) is 0 Å². The number of ether oxygens (including phenoxy) is 2. The highest BCUT2D eigenvalue weighted by Gasteiger charge is 2.21. The minimum absolute atomic E-state index is 0.424. The Morgan fingerprint density at radius 2 is 2.00 bits per heavy atom. The molecule has 1 saturated heterocycles. The van der Waals surface area contributed by atoms with Crippen LogP contribution in [0, 0.1) is 0 Å². The molecule has 1 aliphatic heterocycles. The van der Waals surface area contributed by atoms with Gasteiger partial charge < -0.3 is 14.4 Å². The van der Waals surface area contributed by atoms with Gasteiger partial charge in [-0.1, -0.05) is 5.21 Å². The van der Waals surface area contributed by atoms with Gasteiger partial charge >= 0.3 is 0 Å². The van der Waals surface area contributed by atoms with E-state index in [4.69, 9.17) is 14.5 Å². The second kappa shape index (κ2) is 9.59. The molecule has 11 heteroatoms. The Hall–Kier alpha value is -3.44. The number of hydrogen-bond acceptors (Lipinski definition) is 9. The minimum atomic E-state index is 0.424. The molecule has 0 unspecified atom stereocenters. The number of aromatic nitrogens is 8. The van der Waals surface area contributed by atoms with Crippen LogP contribution in [0.15, 0.2) is 36.9 Å². The molecule has 0 spiro atoms. The first-order valence-corrected chi connectivity index (χ1v) is 11.1. The Labute approximate surface area is 191 Å². The summed E-state index contributed by atoms with van der Waals surface area (Å²) in [5.41, 5.74) is 3.13. The maximum atomic E-state index is 5.22. The molecule has 0 N–H and O–H groups in total. The zero-order valence-electron chi connectivity index (χ0n) is 18.8. The van der Waals surface area contributed by atoms with Crippen molar-refractivity contribution in [1.82, 2.24) is 44.6 Å². The van der Waals surface area contributed by atoms with Gasteiger partial charge in [0.1, 0.15) is 5.82 Å². The van der Waals surface area contributed by atoms with Crippen molar-refractivity contribution in [2.45, 2.75) is 25.3 Å². The number of nitrogens with zero attached hydrogens (tertiary/aromatic N) is 9. The molecular formula is C22H27N9O2. The molecule has 0 aromatic carbocycles. The fourth-order valence-corrected chi connectivity index (χ4v) is 4.14. The van der Waals surface area contributed by atoms with Crippen molar-refractivity contribution in [2.75, 3.05) is 40.5 Å². The number of pyridine rings is 1. The Morgan fingerprint density at radius 3 is 2.82 bits per heavy atom. The first kappa shape index (κ1) is 21.4. The first-order chi connectivity index (χ1) is 16.2. The average Bonchev–Trinajstić information content (AvgIpc) is 3.50. The highest BCUT2D eigenvalue weighted by atomic mass is 16.5. The van der Waals surface area contributed by atoms with E-state index >= 15 is 0 Å². The van der Waals surface area contributed by atoms with E-state index in [-0.39, 0.29) is 0 Å². The molecular weight excluding hydrogens is 422 g/mol. The van der Waals surface area contributed by atoms with E-state index in [2.05, 4.69) is 41.2 Å². The van der Waals surface area contributed by atoms with Gasteiger partial charge in [0.25, 0.3) is 0 Å². The third-order valence-corrected chi connectivity index (χ3v) is 5.97. The van der Waals surface area contributed by atoms with E-state index in [1.807, 2.05) is 12.3 Å². The van der Waals surface area contributed by atoms with E-state index in [1.54, 1.807) is 37.4 Å². The van der Waals surface area contributed by atoms with Gasteiger partial charge in [-0.3, -0.25) is 4.68 Å². The van der Waals surface area contributed by atoms with Gasteiger partial charge in [0.05, 0.1) is 37.8 Å².